The van der Waals surface area contributed by atoms with Crippen molar-refractivity contribution in [3.05, 3.63) is 22.4 Å². The van der Waals surface area contributed by atoms with E-state index in [1.807, 2.05) is 19.2 Å². The van der Waals surface area contributed by atoms with Crippen LogP contribution < -0.4 is 5.32 Å². The zero-order valence-corrected chi connectivity index (χ0v) is 9.67. The van der Waals surface area contributed by atoms with Gasteiger partial charge >= 0.3 is 0 Å². The number of nitrogens with one attached hydrogen (secondary N) is 1. The molecule has 76 valence electrons. The van der Waals surface area contributed by atoms with Crippen LogP contribution in [-0.4, -0.2) is 17.0 Å². The van der Waals surface area contributed by atoms with Crippen molar-refractivity contribution in [3.8, 4) is 0 Å². The third-order valence-electron chi connectivity index (χ3n) is 2.33. The number of halogens is 1. The molecule has 0 saturated heterocycles. The summed E-state index contributed by atoms with van der Waals surface area (Å²) in [5.41, 5.74) is 0.765. The van der Waals surface area contributed by atoms with Gasteiger partial charge in [-0.1, -0.05) is 0 Å². The maximum absolute atomic E-state index is 11.7. The first kappa shape index (κ1) is 9.77. The highest BCUT2D eigenvalue weighted by Crippen LogP contribution is 2.37. The summed E-state index contributed by atoms with van der Waals surface area (Å²) in [5, 5.41) is 2.82. The molecule has 0 bridgehead atoms. The molecule has 0 atom stereocenters. The average molecular weight is 257 g/mol. The Morgan fingerprint density at radius 3 is 3.00 bits per heavy atom. The van der Waals surface area contributed by atoms with Gasteiger partial charge in [0.2, 0.25) is 0 Å². The van der Waals surface area contributed by atoms with Gasteiger partial charge in [-0.05, 0) is 41.8 Å². The van der Waals surface area contributed by atoms with Crippen LogP contribution in [0, 0.1) is 0 Å². The summed E-state index contributed by atoms with van der Waals surface area (Å²) in [4.78, 5) is 11.7. The van der Waals surface area contributed by atoms with E-state index in [4.69, 9.17) is 0 Å². The molecule has 2 rings (SSSR count). The molecule has 1 amide bonds. The van der Waals surface area contributed by atoms with Crippen molar-refractivity contribution in [1.29, 1.82) is 0 Å². The topological polar surface area (TPSA) is 34.0 Å². The molecule has 0 unspecified atom stereocenters. The van der Waals surface area contributed by atoms with Gasteiger partial charge < -0.3 is 9.88 Å². The summed E-state index contributed by atoms with van der Waals surface area (Å²) < 4.78 is 3.04. The van der Waals surface area contributed by atoms with Gasteiger partial charge in [-0.3, -0.25) is 4.79 Å². The first-order valence-corrected chi connectivity index (χ1v) is 5.67. The number of amides is 1. The zero-order chi connectivity index (χ0) is 10.1. The quantitative estimate of drug-likeness (QED) is 0.885. The smallest absolute Gasteiger partial charge is 0.267 e. The summed E-state index contributed by atoms with van der Waals surface area (Å²) in [5.74, 6) is 0.0186. The average Bonchev–Trinajstić information content (AvgIpc) is 2.90. The monoisotopic (exact) mass is 256 g/mol. The van der Waals surface area contributed by atoms with E-state index in [9.17, 15) is 4.79 Å². The number of hydrogen-bond donors (Lipinski definition) is 1. The summed E-state index contributed by atoms with van der Waals surface area (Å²) in [6.45, 7) is 2.60. The molecule has 4 heteroatoms. The summed E-state index contributed by atoms with van der Waals surface area (Å²) >= 11 is 3.40. The Hall–Kier alpha value is -0.770. The number of carbonyl (C=O) groups is 1. The molecule has 0 spiro atoms. The highest BCUT2D eigenvalue weighted by Gasteiger charge is 2.27. The molecule has 1 saturated carbocycles. The SMILES string of the molecule is CCNC(=O)c1cc(Br)cn1C1CC1. The van der Waals surface area contributed by atoms with Crippen LogP contribution in [-0.2, 0) is 0 Å². The second-order valence-corrected chi connectivity index (χ2v) is 4.46. The van der Waals surface area contributed by atoms with Crippen LogP contribution >= 0.6 is 15.9 Å². The van der Waals surface area contributed by atoms with E-state index in [2.05, 4.69) is 25.8 Å². The summed E-state index contributed by atoms with van der Waals surface area (Å²) in [7, 11) is 0. The highest BCUT2D eigenvalue weighted by molar-refractivity contribution is 9.10. The van der Waals surface area contributed by atoms with Crippen molar-refractivity contribution in [2.24, 2.45) is 0 Å². The lowest BCUT2D eigenvalue weighted by molar-refractivity contribution is 0.0946. The molecule has 3 nitrogen and oxygen atoms in total. The Morgan fingerprint density at radius 1 is 1.71 bits per heavy atom. The van der Waals surface area contributed by atoms with E-state index in [0.717, 1.165) is 10.2 Å². The van der Waals surface area contributed by atoms with Crippen LogP contribution in [0.15, 0.2) is 16.7 Å². The second-order valence-electron chi connectivity index (χ2n) is 3.54. The molecule has 1 aromatic heterocycles. The minimum Gasteiger partial charge on any atom is -0.351 e. The molecule has 1 aromatic rings. The molecule has 0 radical (unpaired) electrons. The Morgan fingerprint density at radius 2 is 2.43 bits per heavy atom. The fourth-order valence-electron chi connectivity index (χ4n) is 1.53. The Kier molecular flexibility index (Phi) is 2.63. The van der Waals surface area contributed by atoms with Gasteiger partial charge in [-0.2, -0.15) is 0 Å². The van der Waals surface area contributed by atoms with Gasteiger partial charge in [-0.25, -0.2) is 0 Å². The predicted octanol–water partition coefficient (Wildman–Crippen LogP) is 2.34. The van der Waals surface area contributed by atoms with Crippen LogP contribution in [0.4, 0.5) is 0 Å². The van der Waals surface area contributed by atoms with Crippen LogP contribution in [0.25, 0.3) is 0 Å². The molecule has 1 fully saturated rings. The van der Waals surface area contributed by atoms with Crippen molar-refractivity contribution in [1.82, 2.24) is 9.88 Å². The van der Waals surface area contributed by atoms with E-state index < -0.39 is 0 Å². The van der Waals surface area contributed by atoms with Crippen molar-refractivity contribution in [3.63, 3.8) is 0 Å². The van der Waals surface area contributed by atoms with Crippen LogP contribution in [0.5, 0.6) is 0 Å². The van der Waals surface area contributed by atoms with E-state index in [-0.39, 0.29) is 5.91 Å². The lowest BCUT2D eigenvalue weighted by Crippen LogP contribution is -2.25. The molecule has 1 aliphatic carbocycles. The first-order valence-electron chi connectivity index (χ1n) is 4.88. The fourth-order valence-corrected chi connectivity index (χ4v) is 1.97. The maximum Gasteiger partial charge on any atom is 0.267 e. The minimum absolute atomic E-state index is 0.0186. The molecule has 0 aliphatic heterocycles. The number of aromatic nitrogens is 1. The van der Waals surface area contributed by atoms with E-state index >= 15 is 0 Å². The van der Waals surface area contributed by atoms with Crippen molar-refractivity contribution in [2.45, 2.75) is 25.8 Å². The van der Waals surface area contributed by atoms with Gasteiger partial charge in [0.1, 0.15) is 5.69 Å². The number of rotatable bonds is 3. The van der Waals surface area contributed by atoms with E-state index in [0.29, 0.717) is 12.6 Å². The van der Waals surface area contributed by atoms with Gasteiger partial charge in [0.05, 0.1) is 0 Å². The van der Waals surface area contributed by atoms with Gasteiger partial charge in [0.25, 0.3) is 5.91 Å². The largest absolute Gasteiger partial charge is 0.351 e. The predicted molar refractivity (Wildman–Crippen MR) is 58.4 cm³/mol. The van der Waals surface area contributed by atoms with E-state index in [1.165, 1.54) is 12.8 Å². The molecular weight excluding hydrogens is 244 g/mol. The zero-order valence-electron chi connectivity index (χ0n) is 8.09. The highest BCUT2D eigenvalue weighted by atomic mass is 79.9. The second kappa shape index (κ2) is 3.77. The summed E-state index contributed by atoms with van der Waals surface area (Å²) in [6.07, 6.45) is 4.36. The lowest BCUT2D eigenvalue weighted by Gasteiger charge is -2.06. The molecular formula is C10H13BrN2O. The van der Waals surface area contributed by atoms with Crippen LogP contribution in [0.3, 0.4) is 0 Å². The van der Waals surface area contributed by atoms with Crippen molar-refractivity contribution in [2.75, 3.05) is 6.54 Å². The summed E-state index contributed by atoms with van der Waals surface area (Å²) in [6, 6.07) is 2.42. The van der Waals surface area contributed by atoms with Gasteiger partial charge in [-0.15, -0.1) is 0 Å². The maximum atomic E-state index is 11.7. The molecule has 0 aromatic carbocycles. The molecule has 1 aliphatic rings. The third kappa shape index (κ3) is 1.85. The van der Waals surface area contributed by atoms with E-state index in [1.54, 1.807) is 0 Å². The molecule has 1 N–H and O–H groups in total. The van der Waals surface area contributed by atoms with Crippen molar-refractivity contribution < 1.29 is 4.79 Å². The van der Waals surface area contributed by atoms with Gasteiger partial charge in [0, 0.05) is 23.3 Å². The lowest BCUT2D eigenvalue weighted by atomic mass is 10.4. The Balaban J connectivity index is 2.26. The fraction of sp³-hybridized carbons (Fsp3) is 0.500. The Labute approximate surface area is 91.6 Å². The van der Waals surface area contributed by atoms with Gasteiger partial charge in [0.15, 0.2) is 0 Å². The standard InChI is InChI=1S/C10H13BrN2O/c1-2-12-10(14)9-5-7(11)6-13(9)8-3-4-8/h5-6,8H,2-4H2,1H3,(H,12,14). The Bertz CT molecular complexity index is 355. The molecule has 14 heavy (non-hydrogen) atoms. The normalized spacial score (nSPS) is 15.6. The number of nitrogens with zero attached hydrogens (tertiary/aromatic N) is 1. The van der Waals surface area contributed by atoms with Crippen molar-refractivity contribution >= 4 is 21.8 Å². The number of carbonyl (C=O) groups excluding carboxylic acids is 1. The number of hydrogen-bond acceptors (Lipinski definition) is 1. The van der Waals surface area contributed by atoms with Crippen LogP contribution in [0.1, 0.15) is 36.3 Å². The first-order chi connectivity index (χ1) is 6.72. The van der Waals surface area contributed by atoms with Crippen LogP contribution in [0.2, 0.25) is 0 Å². The minimum atomic E-state index is 0.0186. The molecule has 1 heterocycles. The third-order valence-corrected chi connectivity index (χ3v) is 2.76.